The van der Waals surface area contributed by atoms with Crippen molar-refractivity contribution in [2.45, 2.75) is 38.3 Å². The van der Waals surface area contributed by atoms with Gasteiger partial charge in [0.1, 0.15) is 11.8 Å². The van der Waals surface area contributed by atoms with Crippen LogP contribution < -0.4 is 10.1 Å². The highest BCUT2D eigenvalue weighted by Gasteiger charge is 2.31. The van der Waals surface area contributed by atoms with E-state index in [0.29, 0.717) is 11.8 Å². The SMILES string of the molecule is COc1ccnc(C(=O)N[C@](C)(C=O)CO[C@@H](C)C(c2ccc(C)cc2)c2ccc(C#N)cc2)c1O. The number of pyridine rings is 1. The predicted molar refractivity (Wildman–Crippen MR) is 134 cm³/mol. The molecule has 2 aromatic carbocycles. The molecule has 36 heavy (non-hydrogen) atoms. The van der Waals surface area contributed by atoms with Crippen LogP contribution in [-0.2, 0) is 9.53 Å². The monoisotopic (exact) mass is 487 g/mol. The minimum Gasteiger partial charge on any atom is -0.503 e. The zero-order valence-electron chi connectivity index (χ0n) is 20.7. The van der Waals surface area contributed by atoms with Crippen LogP contribution in [0, 0.1) is 18.3 Å². The molecule has 8 nitrogen and oxygen atoms in total. The molecule has 2 N–H and O–H groups in total. The number of hydrogen-bond acceptors (Lipinski definition) is 7. The van der Waals surface area contributed by atoms with Crippen LogP contribution in [0.25, 0.3) is 0 Å². The first-order valence-electron chi connectivity index (χ1n) is 11.4. The summed E-state index contributed by atoms with van der Waals surface area (Å²) in [6.07, 6.45) is 1.53. The van der Waals surface area contributed by atoms with E-state index < -0.39 is 17.2 Å². The molecular formula is C28H29N3O5. The van der Waals surface area contributed by atoms with Crippen LogP contribution in [-0.4, -0.2) is 47.6 Å². The molecule has 8 heteroatoms. The van der Waals surface area contributed by atoms with E-state index in [1.165, 1.54) is 26.3 Å². The van der Waals surface area contributed by atoms with Crippen molar-refractivity contribution in [2.24, 2.45) is 0 Å². The summed E-state index contributed by atoms with van der Waals surface area (Å²) in [4.78, 5) is 28.7. The predicted octanol–water partition coefficient (Wildman–Crippen LogP) is 3.90. The standard InChI is InChI=1S/C28H29N3O5/c1-18-5-9-21(10-6-18)24(22-11-7-20(15-29)8-12-22)19(2)36-17-28(3,16-32)31-27(34)25-26(33)23(35-4)13-14-30-25/h5-14,16,19,24,33H,17H2,1-4H3,(H,31,34)/t19-,24?,28+/m0/s1. The maximum absolute atomic E-state index is 12.8. The number of hydrogen-bond donors (Lipinski definition) is 2. The fraction of sp³-hybridized carbons (Fsp3) is 0.286. The molecule has 1 unspecified atom stereocenters. The molecule has 3 aromatic rings. The molecule has 0 fully saturated rings. The fourth-order valence-corrected chi connectivity index (χ4v) is 3.86. The molecule has 0 aliphatic carbocycles. The Balaban J connectivity index is 1.81. The lowest BCUT2D eigenvalue weighted by Gasteiger charge is -2.30. The Morgan fingerprint density at radius 1 is 1.17 bits per heavy atom. The number of aryl methyl sites for hydroxylation is 1. The van der Waals surface area contributed by atoms with Crippen LogP contribution in [0.3, 0.4) is 0 Å². The average molecular weight is 488 g/mol. The molecule has 0 radical (unpaired) electrons. The summed E-state index contributed by atoms with van der Waals surface area (Å²) in [6.45, 7) is 5.32. The largest absolute Gasteiger partial charge is 0.503 e. The lowest BCUT2D eigenvalue weighted by atomic mass is 9.86. The first kappa shape index (κ1) is 26.4. The number of ether oxygens (including phenoxy) is 2. The van der Waals surface area contributed by atoms with E-state index in [-0.39, 0.29) is 30.1 Å². The van der Waals surface area contributed by atoms with Gasteiger partial charge in [-0.05, 0) is 44.0 Å². The lowest BCUT2D eigenvalue weighted by molar-refractivity contribution is -0.115. The van der Waals surface area contributed by atoms with Gasteiger partial charge in [0.05, 0.1) is 31.5 Å². The van der Waals surface area contributed by atoms with Gasteiger partial charge in [-0.3, -0.25) is 4.79 Å². The Morgan fingerprint density at radius 2 is 1.78 bits per heavy atom. The van der Waals surface area contributed by atoms with Gasteiger partial charge in [-0.15, -0.1) is 0 Å². The Labute approximate surface area is 210 Å². The van der Waals surface area contributed by atoms with E-state index in [4.69, 9.17) is 14.7 Å². The summed E-state index contributed by atoms with van der Waals surface area (Å²) in [5.74, 6) is -1.25. The molecule has 0 bridgehead atoms. The van der Waals surface area contributed by atoms with E-state index in [1.54, 1.807) is 12.1 Å². The summed E-state index contributed by atoms with van der Waals surface area (Å²) in [5, 5.41) is 22.0. The van der Waals surface area contributed by atoms with Gasteiger partial charge in [0.15, 0.2) is 17.2 Å². The number of aromatic hydroxyl groups is 1. The highest BCUT2D eigenvalue weighted by atomic mass is 16.5. The van der Waals surface area contributed by atoms with E-state index in [2.05, 4.69) is 16.4 Å². The molecule has 0 aliphatic heterocycles. The van der Waals surface area contributed by atoms with Crippen LogP contribution in [0.5, 0.6) is 11.5 Å². The number of nitrogens with zero attached hydrogens (tertiary/aromatic N) is 2. The molecule has 0 aliphatic rings. The minimum atomic E-state index is -1.38. The van der Waals surface area contributed by atoms with Crippen molar-refractivity contribution in [3.05, 3.63) is 88.7 Å². The maximum atomic E-state index is 12.8. The lowest BCUT2D eigenvalue weighted by Crippen LogP contribution is -2.51. The number of nitrogens with one attached hydrogen (secondary N) is 1. The number of amides is 1. The van der Waals surface area contributed by atoms with Crippen molar-refractivity contribution < 1.29 is 24.2 Å². The van der Waals surface area contributed by atoms with Crippen LogP contribution in [0.2, 0.25) is 0 Å². The molecule has 186 valence electrons. The van der Waals surface area contributed by atoms with Gasteiger partial charge in [0, 0.05) is 18.2 Å². The van der Waals surface area contributed by atoms with Crippen LogP contribution in [0.1, 0.15) is 52.5 Å². The van der Waals surface area contributed by atoms with E-state index in [9.17, 15) is 14.7 Å². The molecule has 1 amide bonds. The average Bonchev–Trinajstić information content (AvgIpc) is 2.89. The second kappa shape index (κ2) is 11.5. The molecular weight excluding hydrogens is 458 g/mol. The summed E-state index contributed by atoms with van der Waals surface area (Å²) in [6, 6.07) is 18.9. The second-order valence-electron chi connectivity index (χ2n) is 8.84. The molecule has 1 aromatic heterocycles. The number of nitriles is 1. The van der Waals surface area contributed by atoms with Crippen molar-refractivity contribution in [1.29, 1.82) is 5.26 Å². The number of aldehydes is 1. The van der Waals surface area contributed by atoms with Crippen LogP contribution in [0.15, 0.2) is 60.8 Å². The first-order valence-corrected chi connectivity index (χ1v) is 11.4. The highest BCUT2D eigenvalue weighted by molar-refractivity contribution is 5.97. The van der Waals surface area contributed by atoms with Crippen LogP contribution >= 0.6 is 0 Å². The van der Waals surface area contributed by atoms with Gasteiger partial charge < -0.3 is 24.7 Å². The summed E-state index contributed by atoms with van der Waals surface area (Å²) in [5.41, 5.74) is 2.00. The number of benzene rings is 2. The highest BCUT2D eigenvalue weighted by Crippen LogP contribution is 2.31. The van der Waals surface area contributed by atoms with Gasteiger partial charge >= 0.3 is 0 Å². The first-order chi connectivity index (χ1) is 17.2. The number of methoxy groups -OCH3 is 1. The fourth-order valence-electron chi connectivity index (χ4n) is 3.86. The third-order valence-corrected chi connectivity index (χ3v) is 5.93. The van der Waals surface area contributed by atoms with E-state index in [0.717, 1.165) is 16.7 Å². The molecule has 0 saturated heterocycles. The Kier molecular flexibility index (Phi) is 8.41. The second-order valence-corrected chi connectivity index (χ2v) is 8.84. The third kappa shape index (κ3) is 6.06. The zero-order valence-corrected chi connectivity index (χ0v) is 20.7. The number of rotatable bonds is 10. The Morgan fingerprint density at radius 3 is 2.33 bits per heavy atom. The van der Waals surface area contributed by atoms with E-state index in [1.807, 2.05) is 50.2 Å². The molecule has 0 spiro atoms. The smallest absolute Gasteiger partial charge is 0.274 e. The maximum Gasteiger partial charge on any atom is 0.274 e. The van der Waals surface area contributed by atoms with Crippen molar-refractivity contribution in [1.82, 2.24) is 10.3 Å². The molecule has 3 atom stereocenters. The van der Waals surface area contributed by atoms with Crippen LogP contribution in [0.4, 0.5) is 0 Å². The van der Waals surface area contributed by atoms with Crippen molar-refractivity contribution in [3.8, 4) is 17.6 Å². The minimum absolute atomic E-state index is 0.0937. The summed E-state index contributed by atoms with van der Waals surface area (Å²) in [7, 11) is 1.36. The number of carbonyl (C=O) groups excluding carboxylic acids is 2. The van der Waals surface area contributed by atoms with Crippen molar-refractivity contribution in [3.63, 3.8) is 0 Å². The summed E-state index contributed by atoms with van der Waals surface area (Å²) < 4.78 is 11.2. The Hall–Kier alpha value is -4.22. The van der Waals surface area contributed by atoms with Gasteiger partial charge in [0.25, 0.3) is 5.91 Å². The quantitative estimate of drug-likeness (QED) is 0.416. The number of carbonyl (C=O) groups is 2. The third-order valence-electron chi connectivity index (χ3n) is 5.93. The van der Waals surface area contributed by atoms with Crippen molar-refractivity contribution in [2.75, 3.05) is 13.7 Å². The van der Waals surface area contributed by atoms with Gasteiger partial charge in [0.2, 0.25) is 0 Å². The molecule has 3 rings (SSSR count). The van der Waals surface area contributed by atoms with E-state index >= 15 is 0 Å². The molecule has 1 heterocycles. The topological polar surface area (TPSA) is 122 Å². The zero-order chi connectivity index (χ0) is 26.3. The molecule has 0 saturated carbocycles. The normalized spacial score (nSPS) is 14.1. The van der Waals surface area contributed by atoms with Gasteiger partial charge in [-0.2, -0.15) is 5.26 Å². The Bertz CT molecular complexity index is 1250. The summed E-state index contributed by atoms with van der Waals surface area (Å²) >= 11 is 0. The van der Waals surface area contributed by atoms with Crippen molar-refractivity contribution >= 4 is 12.2 Å². The number of aromatic nitrogens is 1. The van der Waals surface area contributed by atoms with Gasteiger partial charge in [-0.1, -0.05) is 42.0 Å². The van der Waals surface area contributed by atoms with Gasteiger partial charge in [-0.25, -0.2) is 4.98 Å².